The molecule has 25 heavy (non-hydrogen) atoms. The van der Waals surface area contributed by atoms with Crippen LogP contribution in [0.1, 0.15) is 5.56 Å². The fourth-order valence-corrected chi connectivity index (χ4v) is 2.98. The molecular weight excluding hydrogens is 335 g/mol. The maximum Gasteiger partial charge on any atom is 0.418 e. The molecule has 0 radical (unpaired) electrons. The van der Waals surface area contributed by atoms with Crippen LogP contribution in [0.4, 0.5) is 30.2 Å². The van der Waals surface area contributed by atoms with E-state index < -0.39 is 22.4 Å². The third-order valence-electron chi connectivity index (χ3n) is 4.24. The molecule has 1 aliphatic rings. The molecule has 5 nitrogen and oxygen atoms in total. The van der Waals surface area contributed by atoms with Crippen molar-refractivity contribution in [2.24, 2.45) is 0 Å². The van der Waals surface area contributed by atoms with Crippen LogP contribution in [0.5, 0.6) is 0 Å². The van der Waals surface area contributed by atoms with E-state index in [0.717, 1.165) is 11.8 Å². The quantitative estimate of drug-likeness (QED) is 0.621. The molecule has 0 aliphatic carbocycles. The molecule has 0 amide bonds. The smallest absolute Gasteiger partial charge is 0.368 e. The van der Waals surface area contributed by atoms with Crippen LogP contribution in [0, 0.1) is 10.1 Å². The highest BCUT2D eigenvalue weighted by Gasteiger charge is 2.37. The first-order valence-corrected chi connectivity index (χ1v) is 7.77. The van der Waals surface area contributed by atoms with Crippen molar-refractivity contribution in [2.45, 2.75) is 6.18 Å². The molecule has 0 aromatic heterocycles. The number of piperazine rings is 1. The topological polar surface area (TPSA) is 49.6 Å². The summed E-state index contributed by atoms with van der Waals surface area (Å²) in [6.07, 6.45) is -4.64. The summed E-state index contributed by atoms with van der Waals surface area (Å²) in [5.74, 6) is 0. The van der Waals surface area contributed by atoms with Crippen molar-refractivity contribution in [1.29, 1.82) is 0 Å². The zero-order valence-corrected chi connectivity index (χ0v) is 13.2. The van der Waals surface area contributed by atoms with Gasteiger partial charge in [0.05, 0.1) is 10.5 Å². The average Bonchev–Trinajstić information content (AvgIpc) is 2.61. The van der Waals surface area contributed by atoms with E-state index in [9.17, 15) is 23.3 Å². The highest BCUT2D eigenvalue weighted by atomic mass is 19.4. The fraction of sp³-hybridized carbons (Fsp3) is 0.294. The zero-order valence-electron chi connectivity index (χ0n) is 13.2. The summed E-state index contributed by atoms with van der Waals surface area (Å²) in [5, 5.41) is 10.8. The highest BCUT2D eigenvalue weighted by molar-refractivity contribution is 5.60. The third kappa shape index (κ3) is 3.67. The van der Waals surface area contributed by atoms with Gasteiger partial charge in [0.2, 0.25) is 0 Å². The number of hydrogen-bond acceptors (Lipinski definition) is 4. The monoisotopic (exact) mass is 351 g/mol. The van der Waals surface area contributed by atoms with Crippen molar-refractivity contribution in [2.75, 3.05) is 36.0 Å². The van der Waals surface area contributed by atoms with E-state index >= 15 is 0 Å². The first-order valence-electron chi connectivity index (χ1n) is 7.77. The van der Waals surface area contributed by atoms with Gasteiger partial charge >= 0.3 is 6.18 Å². The van der Waals surface area contributed by atoms with E-state index in [1.165, 1.54) is 6.07 Å². The Morgan fingerprint density at radius 2 is 1.52 bits per heavy atom. The van der Waals surface area contributed by atoms with Crippen molar-refractivity contribution in [3.05, 3.63) is 64.2 Å². The lowest BCUT2D eigenvalue weighted by Gasteiger charge is -2.38. The molecule has 0 atom stereocenters. The number of hydrogen-bond donors (Lipinski definition) is 0. The summed E-state index contributed by atoms with van der Waals surface area (Å²) in [5.41, 5.74) is -0.499. The van der Waals surface area contributed by atoms with E-state index in [-0.39, 0.29) is 5.69 Å². The number of nitrogens with zero attached hydrogens (tertiary/aromatic N) is 3. The van der Waals surface area contributed by atoms with E-state index in [1.54, 1.807) is 4.90 Å². The van der Waals surface area contributed by atoms with Crippen LogP contribution in [0.25, 0.3) is 0 Å². The van der Waals surface area contributed by atoms with Crippen molar-refractivity contribution in [1.82, 2.24) is 0 Å². The highest BCUT2D eigenvalue weighted by Crippen LogP contribution is 2.39. The molecule has 1 saturated heterocycles. The van der Waals surface area contributed by atoms with Crippen molar-refractivity contribution >= 4 is 17.1 Å². The van der Waals surface area contributed by atoms with Gasteiger partial charge in [-0.15, -0.1) is 0 Å². The Morgan fingerprint density at radius 1 is 0.920 bits per heavy atom. The normalized spacial score (nSPS) is 15.3. The molecule has 0 saturated carbocycles. The van der Waals surface area contributed by atoms with Gasteiger partial charge in [0.1, 0.15) is 0 Å². The maximum absolute atomic E-state index is 13.3. The lowest BCUT2D eigenvalue weighted by atomic mass is 10.1. The lowest BCUT2D eigenvalue weighted by Crippen LogP contribution is -2.47. The van der Waals surface area contributed by atoms with Crippen molar-refractivity contribution in [3.63, 3.8) is 0 Å². The first-order chi connectivity index (χ1) is 11.9. The number of para-hydroxylation sites is 1. The Hall–Kier alpha value is -2.77. The second-order valence-corrected chi connectivity index (χ2v) is 5.77. The molecular formula is C17H16F3N3O2. The summed E-state index contributed by atoms with van der Waals surface area (Å²) in [6, 6.07) is 12.6. The van der Waals surface area contributed by atoms with Crippen LogP contribution in [-0.2, 0) is 6.18 Å². The van der Waals surface area contributed by atoms with E-state index in [1.807, 2.05) is 30.3 Å². The molecule has 0 unspecified atom stereocenters. The van der Waals surface area contributed by atoms with Gasteiger partial charge in [-0.1, -0.05) is 18.2 Å². The Labute approximate surface area is 142 Å². The van der Waals surface area contributed by atoms with Crippen molar-refractivity contribution in [3.8, 4) is 0 Å². The van der Waals surface area contributed by atoms with Gasteiger partial charge in [-0.05, 0) is 18.2 Å². The van der Waals surface area contributed by atoms with E-state index in [4.69, 9.17) is 0 Å². The Kier molecular flexibility index (Phi) is 4.52. The lowest BCUT2D eigenvalue weighted by molar-refractivity contribution is -0.385. The third-order valence-corrected chi connectivity index (χ3v) is 4.24. The van der Waals surface area contributed by atoms with Gasteiger partial charge in [0, 0.05) is 49.7 Å². The molecule has 8 heteroatoms. The number of anilines is 2. The minimum absolute atomic E-state index is 0.00851. The first kappa shape index (κ1) is 17.1. The minimum Gasteiger partial charge on any atom is -0.368 e. The van der Waals surface area contributed by atoms with Gasteiger partial charge in [0.25, 0.3) is 5.69 Å². The zero-order chi connectivity index (χ0) is 18.0. The van der Waals surface area contributed by atoms with E-state index in [2.05, 4.69) is 4.90 Å². The molecule has 0 N–H and O–H groups in total. The standard InChI is InChI=1S/C17H16F3N3O2/c18-17(19,20)15-12-14(23(24)25)6-7-16(15)22-10-8-21(9-11-22)13-4-2-1-3-5-13/h1-7,12H,8-11H2. The predicted octanol–water partition coefficient (Wildman–Crippen LogP) is 3.94. The van der Waals surface area contributed by atoms with Crippen LogP contribution in [0.3, 0.4) is 0 Å². The van der Waals surface area contributed by atoms with Gasteiger partial charge in [0.15, 0.2) is 0 Å². The molecule has 2 aromatic carbocycles. The number of benzene rings is 2. The van der Waals surface area contributed by atoms with Crippen LogP contribution >= 0.6 is 0 Å². The fourth-order valence-electron chi connectivity index (χ4n) is 2.98. The Morgan fingerprint density at radius 3 is 2.08 bits per heavy atom. The molecule has 0 spiro atoms. The molecule has 2 aromatic rings. The average molecular weight is 351 g/mol. The number of rotatable bonds is 3. The molecule has 1 heterocycles. The van der Waals surface area contributed by atoms with Gasteiger partial charge in [-0.25, -0.2) is 0 Å². The second kappa shape index (κ2) is 6.62. The van der Waals surface area contributed by atoms with Crippen LogP contribution in [0.15, 0.2) is 48.5 Å². The largest absolute Gasteiger partial charge is 0.418 e. The van der Waals surface area contributed by atoms with Gasteiger partial charge in [-0.2, -0.15) is 13.2 Å². The molecule has 1 aliphatic heterocycles. The van der Waals surface area contributed by atoms with Crippen LogP contribution in [0.2, 0.25) is 0 Å². The van der Waals surface area contributed by atoms with Crippen LogP contribution in [-0.4, -0.2) is 31.1 Å². The number of halogens is 3. The van der Waals surface area contributed by atoms with E-state index in [0.29, 0.717) is 32.2 Å². The molecule has 1 fully saturated rings. The number of alkyl halides is 3. The summed E-state index contributed by atoms with van der Waals surface area (Å²) in [7, 11) is 0. The number of nitro groups is 1. The van der Waals surface area contributed by atoms with Gasteiger partial charge in [-0.3, -0.25) is 10.1 Å². The molecule has 0 bridgehead atoms. The SMILES string of the molecule is O=[N+]([O-])c1ccc(N2CCN(c3ccccc3)CC2)c(C(F)(F)F)c1. The summed E-state index contributed by atoms with van der Waals surface area (Å²) >= 11 is 0. The minimum atomic E-state index is -4.64. The van der Waals surface area contributed by atoms with Crippen LogP contribution < -0.4 is 9.80 Å². The summed E-state index contributed by atoms with van der Waals surface area (Å²) in [4.78, 5) is 13.7. The molecule has 3 rings (SSSR count). The predicted molar refractivity (Wildman–Crippen MR) is 89.0 cm³/mol. The number of non-ortho nitro benzene ring substituents is 1. The summed E-state index contributed by atoms with van der Waals surface area (Å²) in [6.45, 7) is 1.99. The number of nitro benzene ring substituents is 1. The second-order valence-electron chi connectivity index (χ2n) is 5.77. The maximum atomic E-state index is 13.3. The Balaban J connectivity index is 1.82. The summed E-state index contributed by atoms with van der Waals surface area (Å²) < 4.78 is 40.0. The Bertz CT molecular complexity index is 757. The molecule has 132 valence electrons. The van der Waals surface area contributed by atoms with Gasteiger partial charge < -0.3 is 9.80 Å². The van der Waals surface area contributed by atoms with Crippen molar-refractivity contribution < 1.29 is 18.1 Å².